The topological polar surface area (TPSA) is 241 Å². The van der Waals surface area contributed by atoms with Gasteiger partial charge in [-0.3, -0.25) is 0 Å². The molecule has 0 saturated heterocycles. The monoisotopic (exact) mass is 1860 g/mol. The van der Waals surface area contributed by atoms with Crippen LogP contribution in [0.15, 0.2) is 217 Å². The second-order valence-electron chi connectivity index (χ2n) is 30.4. The fourth-order valence-corrected chi connectivity index (χ4v) is 15.1. The van der Waals surface area contributed by atoms with Crippen LogP contribution in [-0.4, -0.2) is 55.9 Å². The molecule has 18 rings (SSSR count). The molecule has 0 amide bonds. The third-order valence-electron chi connectivity index (χ3n) is 21.3. The highest BCUT2D eigenvalue weighted by atomic mass is 32.1. The fraction of sp³-hybridized carbons (Fsp3) is 0.120. The van der Waals surface area contributed by atoms with Crippen LogP contribution in [0, 0.1) is 92.3 Å². The van der Waals surface area contributed by atoms with Crippen molar-refractivity contribution in [1.82, 2.24) is 18.9 Å². The molecule has 676 valence electrons. The molecule has 0 aliphatic carbocycles. The molecule has 1 aliphatic rings. The number of ether oxygens (including phenoxy) is 2. The summed E-state index contributed by atoms with van der Waals surface area (Å²) >= 11 is 1.40. The minimum atomic E-state index is -4.61. The minimum absolute atomic E-state index is 0.0199. The summed E-state index contributed by atoms with van der Waals surface area (Å²) in [6.07, 6.45) is -19.8. The zero-order valence-electron chi connectivity index (χ0n) is 70.8. The van der Waals surface area contributed by atoms with Crippen LogP contribution in [-0.2, 0) is 31.8 Å². The average Bonchev–Trinajstić information content (AvgIpc) is 1.60. The summed E-state index contributed by atoms with van der Waals surface area (Å²) in [5.41, 5.74) is 9.75. The van der Waals surface area contributed by atoms with Gasteiger partial charge in [0, 0.05) is 68.0 Å². The number of fused-ring (bicyclic) bond motifs is 6. The Bertz CT molecular complexity index is 7590. The third kappa shape index (κ3) is 20.6. The van der Waals surface area contributed by atoms with E-state index >= 15 is 0 Å². The molecule has 7 N–H and O–H groups in total. The Morgan fingerprint density at radius 3 is 1.27 bits per heavy atom. The SMILES string of the molecule is [C-]#[N+]c1cc(-c2ccc(C)c(O)c2)c2cc(C(F)(F)F)[nH]c2c1.[C-]#[N+]c1cc(-c2ccc(C)c(O)c2)c2cc(C(F)(F)F)n(C)c2c1.[C-]#[N+]c1cc(-c2ccc(C)c(O)c2)c2nc(C(F)(F)F)cn2c1.[C-]#[N+]c1cc(-c2ccc(C)c(O)c2)c2oc(C(F)(F)F)cc2c1.[C-]#[N+]c1cc(-c2ccc(C)c(O)c2)c2sc(C#N)cc2c1.[C-]#[N+]c1cc2c(c(-c3ccc(C)c(O)c3)c1)OC(F)(F)O2. The second kappa shape index (κ2) is 37.2. The van der Waals surface area contributed by atoms with E-state index in [4.69, 9.17) is 49.1 Å². The normalized spacial score (nSPS) is 11.9. The molecule has 1 aliphatic heterocycles. The molecule has 135 heavy (non-hydrogen) atoms. The van der Waals surface area contributed by atoms with Crippen LogP contribution in [0.1, 0.15) is 61.1 Å². The van der Waals surface area contributed by atoms with Gasteiger partial charge in [-0.25, -0.2) is 34.1 Å². The van der Waals surface area contributed by atoms with E-state index in [2.05, 4.69) is 54.6 Å². The number of rotatable bonds is 6. The quantitative estimate of drug-likeness (QED) is 0.0610. The first kappa shape index (κ1) is 95.1. The lowest BCUT2D eigenvalue weighted by atomic mass is 9.99. The molecule has 0 spiro atoms. The number of hydrogen-bond donors (Lipinski definition) is 7. The summed E-state index contributed by atoms with van der Waals surface area (Å²) in [6.45, 7) is 53.2. The van der Waals surface area contributed by atoms with Gasteiger partial charge >= 0.3 is 31.0 Å². The number of aromatic nitrogens is 4. The van der Waals surface area contributed by atoms with E-state index in [-0.39, 0.29) is 102 Å². The molecule has 20 nitrogen and oxygen atoms in total. The van der Waals surface area contributed by atoms with Gasteiger partial charge in [0.2, 0.25) is 11.4 Å². The zero-order valence-corrected chi connectivity index (χ0v) is 71.6. The van der Waals surface area contributed by atoms with Crippen molar-refractivity contribution in [3.63, 3.8) is 0 Å². The Morgan fingerprint density at radius 1 is 0.415 bits per heavy atom. The zero-order chi connectivity index (χ0) is 98.2. The molecular formula is C100H63F14N11O9S. The molecule has 0 bridgehead atoms. The third-order valence-corrected chi connectivity index (χ3v) is 22.4. The van der Waals surface area contributed by atoms with Gasteiger partial charge in [-0.1, -0.05) is 72.8 Å². The van der Waals surface area contributed by atoms with Gasteiger partial charge in [-0.15, -0.1) is 20.1 Å². The number of hydrogen-bond acceptors (Lipinski definition) is 12. The Hall–Kier alpha value is -17.5. The lowest BCUT2D eigenvalue weighted by Crippen LogP contribution is -2.26. The first-order chi connectivity index (χ1) is 63.6. The Kier molecular flexibility index (Phi) is 26.2. The molecular weight excluding hydrogens is 1800 g/mol. The van der Waals surface area contributed by atoms with E-state index in [1.807, 2.05) is 19.1 Å². The maximum absolute atomic E-state index is 13.2. The van der Waals surface area contributed by atoms with Gasteiger partial charge in [0.15, 0.2) is 45.6 Å². The van der Waals surface area contributed by atoms with E-state index < -0.39 is 53.8 Å². The molecule has 7 heterocycles. The number of imidazole rings is 1. The fourth-order valence-electron chi connectivity index (χ4n) is 14.2. The average molecular weight is 1860 g/mol. The van der Waals surface area contributed by atoms with Crippen molar-refractivity contribution in [3.05, 3.63) is 342 Å². The lowest BCUT2D eigenvalue weighted by Gasteiger charge is -2.09. The summed E-state index contributed by atoms with van der Waals surface area (Å²) in [4.78, 5) is 26.5. The molecule has 0 radical (unpaired) electrons. The Labute approximate surface area is 760 Å². The van der Waals surface area contributed by atoms with Crippen LogP contribution >= 0.6 is 11.3 Å². The summed E-state index contributed by atoms with van der Waals surface area (Å²) in [6, 6.07) is 52.7. The maximum Gasteiger partial charge on any atom is 0.586 e. The van der Waals surface area contributed by atoms with Crippen molar-refractivity contribution >= 4 is 94.0 Å². The standard InChI is InChI=1S/C18H13F3N2O.C17H11F3N2O.C17H10F3NO2.C17H10N2OS.C16H10F3N3O.C15H9F2NO3/c1-10-4-5-11(6-16(10)24)13-7-12(22-2)8-15-14(13)9-17(23(15)3)18(19,20)21;1-9-3-4-10(5-15(9)23)12-6-11(21-2)7-14-13(12)8-16(22-14)17(18,19)20;1-9-3-4-10(6-14(9)22)13-8-12(21-2)5-11-7-15(17(18,19)20)23-16(11)13;1-10-3-4-11(7-16(10)20)15-8-13(19-2)5-12-6-14(9-18)21-17(12)15;1-9-3-4-10(5-13(9)23)12-6-11(20-2)7-22-8-14(16(17,18)19)21-15(12)22;1-8-3-4-9(5-12(8)19)11-6-10(18-2)7-13-14(11)21-15(16,17)20-13/h4-9,24H,1,3H3;3-8,22-23H,1H3;3-8,22H,1H3;3-8,20H,1H3;3-8,23H,1H3;3-7,19H,1H3. The number of nitrogens with one attached hydrogen (secondary N) is 1. The molecule has 35 heteroatoms. The summed E-state index contributed by atoms with van der Waals surface area (Å²) in [5.74, 6) is -1.04. The van der Waals surface area contributed by atoms with Crippen molar-refractivity contribution in [2.24, 2.45) is 7.05 Å². The van der Waals surface area contributed by atoms with Crippen LogP contribution in [0.5, 0.6) is 46.0 Å². The van der Waals surface area contributed by atoms with Crippen LogP contribution < -0.4 is 9.47 Å². The van der Waals surface area contributed by atoms with Crippen molar-refractivity contribution in [1.29, 1.82) is 5.26 Å². The van der Waals surface area contributed by atoms with Gasteiger partial charge in [0.05, 0.1) is 39.4 Å². The largest absolute Gasteiger partial charge is 0.586 e. The van der Waals surface area contributed by atoms with E-state index in [0.717, 1.165) is 55.7 Å². The number of nitrogens with zero attached hydrogens (tertiary/aromatic N) is 10. The summed E-state index contributed by atoms with van der Waals surface area (Å²) in [7, 11) is 1.33. The van der Waals surface area contributed by atoms with Crippen molar-refractivity contribution in [2.75, 3.05) is 0 Å². The van der Waals surface area contributed by atoms with Crippen molar-refractivity contribution in [2.45, 2.75) is 72.5 Å². The predicted octanol–water partition coefficient (Wildman–Crippen LogP) is 30.4. The number of phenols is 6. The number of furan rings is 1. The van der Waals surface area contributed by atoms with Gasteiger partial charge in [-0.2, -0.15) is 57.9 Å². The van der Waals surface area contributed by atoms with Gasteiger partial charge < -0.3 is 58.5 Å². The smallest absolute Gasteiger partial charge is 0.508 e. The first-order valence-corrected chi connectivity index (χ1v) is 40.1. The van der Waals surface area contributed by atoms with Gasteiger partial charge in [0.1, 0.15) is 68.1 Å². The van der Waals surface area contributed by atoms with Crippen LogP contribution in [0.2, 0.25) is 0 Å². The molecule has 17 aromatic rings. The number of aryl methyl sites for hydroxylation is 7. The van der Waals surface area contributed by atoms with Gasteiger partial charge in [-0.05, 0) is 258 Å². The molecule has 0 unspecified atom stereocenters. The van der Waals surface area contributed by atoms with Crippen LogP contribution in [0.25, 0.3) is 144 Å². The number of aromatic hydroxyl groups is 6. The number of thiophene rings is 1. The summed E-state index contributed by atoms with van der Waals surface area (Å²) in [5, 5.41) is 70.0. The van der Waals surface area contributed by atoms with E-state index in [1.54, 1.807) is 126 Å². The number of halogens is 14. The van der Waals surface area contributed by atoms with E-state index in [1.165, 1.54) is 108 Å². The van der Waals surface area contributed by atoms with E-state index in [9.17, 15) is 92.1 Å². The number of alkyl halides is 14. The van der Waals surface area contributed by atoms with Crippen molar-refractivity contribution < 1.29 is 106 Å². The number of aromatic amines is 1. The lowest BCUT2D eigenvalue weighted by molar-refractivity contribution is -0.286. The minimum Gasteiger partial charge on any atom is -0.508 e. The number of H-pyrrole nitrogens is 1. The predicted molar refractivity (Wildman–Crippen MR) is 480 cm³/mol. The highest BCUT2D eigenvalue weighted by Crippen LogP contribution is 2.52. The number of phenolic OH excluding ortho intramolecular Hbond substituents is 6. The van der Waals surface area contributed by atoms with Crippen LogP contribution in [0.4, 0.5) is 95.6 Å². The molecule has 0 atom stereocenters. The van der Waals surface area contributed by atoms with E-state index in [0.29, 0.717) is 105 Å². The molecule has 0 fully saturated rings. The van der Waals surface area contributed by atoms with Gasteiger partial charge in [0.25, 0.3) is 0 Å². The summed E-state index contributed by atoms with van der Waals surface area (Å²) < 4.78 is 199. The highest BCUT2D eigenvalue weighted by molar-refractivity contribution is 7.20. The Balaban J connectivity index is 0.000000137. The maximum atomic E-state index is 13.2. The number of nitriles is 1. The molecule has 6 aromatic heterocycles. The highest BCUT2D eigenvalue weighted by Gasteiger charge is 2.45. The number of pyridine rings is 1. The second-order valence-corrected chi connectivity index (χ2v) is 31.5. The number of benzene rings is 11. The molecule has 0 saturated carbocycles. The Morgan fingerprint density at radius 2 is 0.822 bits per heavy atom. The van der Waals surface area contributed by atoms with Crippen LogP contribution in [0.3, 0.4) is 0 Å². The first-order valence-electron chi connectivity index (χ1n) is 39.3. The van der Waals surface area contributed by atoms with Crippen molar-refractivity contribution in [3.8, 4) is 119 Å². The molecule has 11 aromatic carbocycles.